The summed E-state index contributed by atoms with van der Waals surface area (Å²) in [5.41, 5.74) is 0.690. The molecule has 3 nitrogen and oxygen atoms in total. The van der Waals surface area contributed by atoms with Gasteiger partial charge in [0.2, 0.25) is 0 Å². The van der Waals surface area contributed by atoms with Crippen molar-refractivity contribution in [3.05, 3.63) is 39.5 Å². The molecule has 76 valence electrons. The van der Waals surface area contributed by atoms with E-state index in [2.05, 4.69) is 20.9 Å². The van der Waals surface area contributed by atoms with Crippen molar-refractivity contribution < 1.29 is 9.90 Å². The highest BCUT2D eigenvalue weighted by Gasteiger charge is 2.12. The molecule has 0 amide bonds. The predicted molar refractivity (Wildman–Crippen MR) is 61.4 cm³/mol. The SMILES string of the molecule is O=C(O)c1cnc2ccc(Br)cc2c1Cl. The summed E-state index contributed by atoms with van der Waals surface area (Å²) in [5, 5.41) is 9.71. The van der Waals surface area contributed by atoms with Crippen molar-refractivity contribution >= 4 is 44.4 Å². The molecule has 0 unspecified atom stereocenters. The van der Waals surface area contributed by atoms with E-state index in [0.29, 0.717) is 10.9 Å². The first-order chi connectivity index (χ1) is 7.09. The zero-order chi connectivity index (χ0) is 11.0. The predicted octanol–water partition coefficient (Wildman–Crippen LogP) is 3.35. The zero-order valence-electron chi connectivity index (χ0n) is 7.37. The maximum atomic E-state index is 10.8. The van der Waals surface area contributed by atoms with Gasteiger partial charge in [-0.15, -0.1) is 0 Å². The first kappa shape index (κ1) is 10.4. The standard InChI is InChI=1S/C10H5BrClNO2/c11-5-1-2-8-6(3-5)9(12)7(4-13-8)10(14)15/h1-4H,(H,14,15). The molecule has 0 saturated heterocycles. The van der Waals surface area contributed by atoms with Gasteiger partial charge in [0, 0.05) is 16.1 Å². The number of rotatable bonds is 1. The summed E-state index contributed by atoms with van der Waals surface area (Å²) in [4.78, 5) is 14.8. The molecule has 1 aromatic heterocycles. The topological polar surface area (TPSA) is 50.2 Å². The van der Waals surface area contributed by atoms with E-state index in [-0.39, 0.29) is 10.6 Å². The van der Waals surface area contributed by atoms with Gasteiger partial charge in [0.1, 0.15) is 0 Å². The molecule has 0 spiro atoms. The maximum Gasteiger partial charge on any atom is 0.338 e. The lowest BCUT2D eigenvalue weighted by Crippen LogP contribution is -1.99. The highest BCUT2D eigenvalue weighted by molar-refractivity contribution is 9.10. The number of carboxylic acid groups (broad SMARTS) is 1. The lowest BCUT2D eigenvalue weighted by Gasteiger charge is -2.03. The fourth-order valence-electron chi connectivity index (χ4n) is 1.28. The van der Waals surface area contributed by atoms with Crippen molar-refractivity contribution in [1.29, 1.82) is 0 Å². The van der Waals surface area contributed by atoms with Gasteiger partial charge >= 0.3 is 5.97 Å². The summed E-state index contributed by atoms with van der Waals surface area (Å²) in [7, 11) is 0. The number of hydrogen-bond acceptors (Lipinski definition) is 2. The average Bonchev–Trinajstić information content (AvgIpc) is 2.19. The number of nitrogens with zero attached hydrogens (tertiary/aromatic N) is 1. The van der Waals surface area contributed by atoms with Crippen LogP contribution in [0.3, 0.4) is 0 Å². The average molecular weight is 287 g/mol. The van der Waals surface area contributed by atoms with E-state index in [1.165, 1.54) is 6.20 Å². The van der Waals surface area contributed by atoms with Crippen LogP contribution in [0.15, 0.2) is 28.9 Å². The van der Waals surface area contributed by atoms with Crippen LogP contribution >= 0.6 is 27.5 Å². The minimum atomic E-state index is -1.07. The Morgan fingerprint density at radius 1 is 1.47 bits per heavy atom. The van der Waals surface area contributed by atoms with Gasteiger partial charge in [0.05, 0.1) is 16.1 Å². The molecule has 1 heterocycles. The van der Waals surface area contributed by atoms with E-state index >= 15 is 0 Å². The van der Waals surface area contributed by atoms with Crippen LogP contribution in [0.1, 0.15) is 10.4 Å². The molecule has 1 N–H and O–H groups in total. The number of carboxylic acids is 1. The summed E-state index contributed by atoms with van der Waals surface area (Å²) < 4.78 is 0.834. The van der Waals surface area contributed by atoms with Crippen molar-refractivity contribution in [3.8, 4) is 0 Å². The molecule has 0 radical (unpaired) electrons. The summed E-state index contributed by atoms with van der Waals surface area (Å²) in [6.07, 6.45) is 1.26. The van der Waals surface area contributed by atoms with E-state index in [1.54, 1.807) is 12.1 Å². The molecule has 15 heavy (non-hydrogen) atoms. The van der Waals surface area contributed by atoms with Gasteiger partial charge in [-0.25, -0.2) is 4.79 Å². The smallest absolute Gasteiger partial charge is 0.338 e. The highest BCUT2D eigenvalue weighted by Crippen LogP contribution is 2.28. The molecule has 0 aliphatic heterocycles. The molecule has 0 fully saturated rings. The summed E-state index contributed by atoms with van der Waals surface area (Å²) >= 11 is 9.26. The second-order valence-electron chi connectivity index (χ2n) is 2.95. The summed E-state index contributed by atoms with van der Waals surface area (Å²) in [6, 6.07) is 5.35. The number of halogens is 2. The van der Waals surface area contributed by atoms with E-state index in [4.69, 9.17) is 16.7 Å². The maximum absolute atomic E-state index is 10.8. The normalized spacial score (nSPS) is 10.5. The van der Waals surface area contributed by atoms with Gasteiger partial charge in [-0.1, -0.05) is 27.5 Å². The van der Waals surface area contributed by atoms with Crippen LogP contribution in [-0.4, -0.2) is 16.1 Å². The van der Waals surface area contributed by atoms with Crippen LogP contribution in [0.2, 0.25) is 5.02 Å². The Labute approximate surface area is 98.8 Å². The van der Waals surface area contributed by atoms with Crippen LogP contribution in [0.5, 0.6) is 0 Å². The molecular formula is C10H5BrClNO2. The Kier molecular flexibility index (Phi) is 2.63. The third kappa shape index (κ3) is 1.82. The summed E-state index contributed by atoms with van der Waals surface area (Å²) in [5.74, 6) is -1.07. The van der Waals surface area contributed by atoms with E-state index in [0.717, 1.165) is 4.47 Å². The summed E-state index contributed by atoms with van der Waals surface area (Å²) in [6.45, 7) is 0. The molecule has 0 bridgehead atoms. The van der Waals surface area contributed by atoms with E-state index in [1.807, 2.05) is 6.07 Å². The zero-order valence-corrected chi connectivity index (χ0v) is 9.71. The van der Waals surface area contributed by atoms with Gasteiger partial charge < -0.3 is 5.11 Å². The van der Waals surface area contributed by atoms with Crippen molar-refractivity contribution in [1.82, 2.24) is 4.98 Å². The molecule has 1 aromatic carbocycles. The molecule has 5 heteroatoms. The fraction of sp³-hybridized carbons (Fsp3) is 0. The molecule has 0 aliphatic rings. The second kappa shape index (κ2) is 3.79. The Bertz CT molecular complexity index is 556. The number of hydrogen-bond donors (Lipinski definition) is 1. The minimum absolute atomic E-state index is 0.0160. The van der Waals surface area contributed by atoms with Gasteiger partial charge in [-0.05, 0) is 18.2 Å². The van der Waals surface area contributed by atoms with E-state index in [9.17, 15) is 4.79 Å². The lowest BCUT2D eigenvalue weighted by molar-refractivity contribution is 0.0697. The number of aromatic carboxylic acids is 1. The number of pyridine rings is 1. The number of carbonyl (C=O) groups is 1. The number of benzene rings is 1. The van der Waals surface area contributed by atoms with Crippen molar-refractivity contribution in [2.45, 2.75) is 0 Å². The van der Waals surface area contributed by atoms with Gasteiger partial charge in [-0.2, -0.15) is 0 Å². The van der Waals surface area contributed by atoms with Crippen molar-refractivity contribution in [2.24, 2.45) is 0 Å². The second-order valence-corrected chi connectivity index (χ2v) is 4.25. The van der Waals surface area contributed by atoms with Crippen molar-refractivity contribution in [2.75, 3.05) is 0 Å². The fourth-order valence-corrected chi connectivity index (χ4v) is 1.92. The quantitative estimate of drug-likeness (QED) is 0.874. The Morgan fingerprint density at radius 3 is 2.87 bits per heavy atom. The Balaban J connectivity index is 2.82. The van der Waals surface area contributed by atoms with E-state index < -0.39 is 5.97 Å². The molecule has 0 atom stereocenters. The third-order valence-electron chi connectivity index (χ3n) is 1.99. The monoisotopic (exact) mass is 285 g/mol. The van der Waals surface area contributed by atoms with Crippen LogP contribution in [-0.2, 0) is 0 Å². The molecule has 0 aliphatic carbocycles. The van der Waals surface area contributed by atoms with Crippen LogP contribution in [0, 0.1) is 0 Å². The Morgan fingerprint density at radius 2 is 2.20 bits per heavy atom. The van der Waals surface area contributed by atoms with Gasteiger partial charge in [0.25, 0.3) is 0 Å². The van der Waals surface area contributed by atoms with Gasteiger partial charge in [0.15, 0.2) is 0 Å². The largest absolute Gasteiger partial charge is 0.478 e. The first-order valence-corrected chi connectivity index (χ1v) is 5.24. The molecule has 2 aromatic rings. The molecule has 0 saturated carbocycles. The molecule has 2 rings (SSSR count). The van der Waals surface area contributed by atoms with Gasteiger partial charge in [-0.3, -0.25) is 4.98 Å². The number of fused-ring (bicyclic) bond motifs is 1. The molecular weight excluding hydrogens is 281 g/mol. The van der Waals surface area contributed by atoms with Crippen LogP contribution < -0.4 is 0 Å². The van der Waals surface area contributed by atoms with Crippen LogP contribution in [0.25, 0.3) is 10.9 Å². The number of aromatic nitrogens is 1. The van der Waals surface area contributed by atoms with Crippen LogP contribution in [0.4, 0.5) is 0 Å². The van der Waals surface area contributed by atoms with Crippen molar-refractivity contribution in [3.63, 3.8) is 0 Å². The first-order valence-electron chi connectivity index (χ1n) is 4.06. The third-order valence-corrected chi connectivity index (χ3v) is 2.90. The lowest BCUT2D eigenvalue weighted by atomic mass is 10.1. The Hall–Kier alpha value is -1.13. The minimum Gasteiger partial charge on any atom is -0.478 e. The highest BCUT2D eigenvalue weighted by atomic mass is 79.9.